The maximum atomic E-state index is 13.2. The van der Waals surface area contributed by atoms with E-state index in [1.165, 1.54) is 6.07 Å². The summed E-state index contributed by atoms with van der Waals surface area (Å²) in [6, 6.07) is 1.45. The molecular weight excluding hydrogens is 301 g/mol. The van der Waals surface area contributed by atoms with Gasteiger partial charge in [0.1, 0.15) is 34.8 Å². The van der Waals surface area contributed by atoms with Crippen LogP contribution in [0.25, 0.3) is 11.5 Å². The Kier molecular flexibility index (Phi) is 3.68. The summed E-state index contributed by atoms with van der Waals surface area (Å²) in [5.74, 6) is -0.412. The predicted octanol–water partition coefficient (Wildman–Crippen LogP) is -0.0679. The van der Waals surface area contributed by atoms with Crippen molar-refractivity contribution in [1.82, 2.24) is 15.0 Å². The molecule has 1 fully saturated rings. The van der Waals surface area contributed by atoms with E-state index in [1.54, 1.807) is 0 Å². The summed E-state index contributed by atoms with van der Waals surface area (Å²) in [6.07, 6.45) is -3.32. The third kappa shape index (κ3) is 2.43. The van der Waals surface area contributed by atoms with Crippen LogP contribution in [0.1, 0.15) is 11.7 Å². The molecule has 3 aliphatic heterocycles. The summed E-state index contributed by atoms with van der Waals surface area (Å²) in [5.41, 5.74) is 0.530. The van der Waals surface area contributed by atoms with Gasteiger partial charge in [-0.1, -0.05) is 12.2 Å². The number of aliphatic hydroxyl groups excluding tert-OH is 3. The Morgan fingerprint density at radius 1 is 1.33 bits per heavy atom. The molecule has 9 heteroatoms. The van der Waals surface area contributed by atoms with E-state index in [4.69, 9.17) is 22.1 Å². The second-order valence-corrected chi connectivity index (χ2v) is 5.12. The number of aliphatic hydroxyl groups is 3. The lowest BCUT2D eigenvalue weighted by molar-refractivity contribution is -0.0229. The topological polar surface area (TPSA) is 111 Å². The average Bonchev–Trinajstić information content (AvgIpc) is 2.75. The molecule has 4 atom stereocenters. The second-order valence-electron chi connectivity index (χ2n) is 4.73. The molecule has 7 nitrogen and oxygen atoms in total. The lowest BCUT2D eigenvalue weighted by atomic mass is 10.0. The highest BCUT2D eigenvalue weighted by Crippen LogP contribution is 2.35. The first-order valence-electron chi connectivity index (χ1n) is 6.19. The van der Waals surface area contributed by atoms with E-state index >= 15 is 0 Å². The molecule has 3 aliphatic rings. The number of rotatable bonds is 2. The number of nitrogens with zero attached hydrogens (tertiary/aromatic N) is 2. The van der Waals surface area contributed by atoms with Crippen molar-refractivity contribution in [1.29, 1.82) is 0 Å². The van der Waals surface area contributed by atoms with Crippen LogP contribution in [0.2, 0.25) is 0 Å². The van der Waals surface area contributed by atoms with E-state index in [-0.39, 0.29) is 10.3 Å². The summed E-state index contributed by atoms with van der Waals surface area (Å²) < 4.78 is 18.7. The van der Waals surface area contributed by atoms with Crippen molar-refractivity contribution in [2.24, 2.45) is 0 Å². The minimum absolute atomic E-state index is 0.141. The summed E-state index contributed by atoms with van der Waals surface area (Å²) in [4.78, 5) is 10.4. The fourth-order valence-electron chi connectivity index (χ4n) is 2.33. The van der Waals surface area contributed by atoms with Gasteiger partial charge in [0.15, 0.2) is 5.82 Å². The molecule has 1 unspecified atom stereocenters. The molecule has 0 amide bonds. The molecule has 112 valence electrons. The molecular formula is C12H12FN3O4S. The number of halogens is 1. The summed E-state index contributed by atoms with van der Waals surface area (Å²) in [6.45, 7) is -0.441. The molecule has 4 N–H and O–H groups in total. The molecule has 0 aromatic carbocycles. The van der Waals surface area contributed by atoms with Gasteiger partial charge in [-0.15, -0.1) is 0 Å². The molecule has 0 aromatic rings. The van der Waals surface area contributed by atoms with E-state index in [1.807, 2.05) is 0 Å². The maximum absolute atomic E-state index is 13.2. The number of H-pyrrole nitrogens is 1. The van der Waals surface area contributed by atoms with E-state index in [0.29, 0.717) is 11.4 Å². The number of aromatic amines is 1. The minimum Gasteiger partial charge on any atom is -0.394 e. The first kappa shape index (κ1) is 14.4. The minimum atomic E-state index is -1.26. The van der Waals surface area contributed by atoms with Crippen LogP contribution in [-0.2, 0) is 4.74 Å². The monoisotopic (exact) mass is 313 g/mol. The molecule has 0 bridgehead atoms. The Labute approximate surface area is 123 Å². The second kappa shape index (κ2) is 5.35. The maximum Gasteiger partial charge on any atom is 0.229 e. The number of fused-ring (bicyclic) bond motifs is 1. The highest BCUT2D eigenvalue weighted by molar-refractivity contribution is 7.71. The van der Waals surface area contributed by atoms with Crippen molar-refractivity contribution in [2.45, 2.75) is 24.4 Å². The zero-order valence-electron chi connectivity index (χ0n) is 10.6. The van der Waals surface area contributed by atoms with Gasteiger partial charge in [-0.25, -0.2) is 9.97 Å². The van der Waals surface area contributed by atoms with Crippen molar-refractivity contribution in [2.75, 3.05) is 6.61 Å². The van der Waals surface area contributed by atoms with Crippen LogP contribution in [0.3, 0.4) is 0 Å². The summed E-state index contributed by atoms with van der Waals surface area (Å²) >= 11 is 5.13. The molecule has 1 saturated heterocycles. The summed E-state index contributed by atoms with van der Waals surface area (Å²) in [5, 5.41) is 28.9. The van der Waals surface area contributed by atoms with Gasteiger partial charge in [-0.05, 0) is 6.07 Å². The van der Waals surface area contributed by atoms with Gasteiger partial charge in [0.2, 0.25) is 5.95 Å². The normalized spacial score (nSPS) is 29.1. The van der Waals surface area contributed by atoms with Gasteiger partial charge in [-0.3, -0.25) is 0 Å². The molecule has 0 radical (unpaired) electrons. The van der Waals surface area contributed by atoms with Crippen LogP contribution in [-0.4, -0.2) is 55.2 Å². The Hall–Kier alpha value is -1.52. The highest BCUT2D eigenvalue weighted by Gasteiger charge is 2.43. The van der Waals surface area contributed by atoms with Crippen molar-refractivity contribution in [3.8, 4) is 11.5 Å². The van der Waals surface area contributed by atoms with Crippen LogP contribution >= 0.6 is 12.2 Å². The lowest BCUT2D eigenvalue weighted by Crippen LogP contribution is -2.32. The summed E-state index contributed by atoms with van der Waals surface area (Å²) in [7, 11) is 0. The van der Waals surface area contributed by atoms with Crippen LogP contribution in [0.5, 0.6) is 0 Å². The highest BCUT2D eigenvalue weighted by atomic mass is 32.1. The first-order valence-corrected chi connectivity index (χ1v) is 6.60. The van der Waals surface area contributed by atoms with E-state index in [0.717, 1.165) is 6.20 Å². The van der Waals surface area contributed by atoms with Gasteiger partial charge in [-0.2, -0.15) is 4.39 Å². The number of ether oxygens (including phenoxy) is 1. The van der Waals surface area contributed by atoms with Crippen LogP contribution in [0.4, 0.5) is 4.39 Å². The SMILES string of the molecule is OC[C@H]1O[C@@H](c2cc3nc(F)c[nH]c-3nc2=S)C(O)[C@H]1O. The quantitative estimate of drug-likeness (QED) is 0.574. The lowest BCUT2D eigenvalue weighted by Gasteiger charge is -2.16. The van der Waals surface area contributed by atoms with E-state index in [9.17, 15) is 14.6 Å². The molecule has 0 spiro atoms. The van der Waals surface area contributed by atoms with Crippen molar-refractivity contribution < 1.29 is 24.4 Å². The average molecular weight is 313 g/mol. The van der Waals surface area contributed by atoms with Crippen LogP contribution < -0.4 is 0 Å². The third-order valence-corrected chi connectivity index (χ3v) is 3.73. The Balaban J connectivity index is 2.07. The van der Waals surface area contributed by atoms with Crippen molar-refractivity contribution >= 4 is 12.2 Å². The first-order chi connectivity index (χ1) is 10.0. The third-order valence-electron chi connectivity index (χ3n) is 3.40. The van der Waals surface area contributed by atoms with Crippen molar-refractivity contribution in [3.63, 3.8) is 0 Å². The number of aromatic nitrogens is 3. The molecule has 21 heavy (non-hydrogen) atoms. The molecule has 3 rings (SSSR count). The fourth-order valence-corrected chi connectivity index (χ4v) is 2.59. The standard InChI is InChI=1S/C12H12FN3O4S/c13-7-2-14-11-5(15-7)1-4(12(21)16-11)10-9(19)8(18)6(3-17)20-10/h1-2,6,8-10,17-19H,3H2,(H,14,16,21)/t6-,8+,9?,10+/m1/s1. The van der Waals surface area contributed by atoms with Gasteiger partial charge in [0.05, 0.1) is 12.8 Å². The Morgan fingerprint density at radius 3 is 2.76 bits per heavy atom. The largest absolute Gasteiger partial charge is 0.394 e. The number of pyridine rings is 1. The molecule has 0 aliphatic carbocycles. The molecule has 0 aromatic heterocycles. The number of hydrogen-bond donors (Lipinski definition) is 4. The zero-order valence-corrected chi connectivity index (χ0v) is 11.4. The zero-order chi connectivity index (χ0) is 15.1. The molecule has 3 heterocycles. The van der Waals surface area contributed by atoms with E-state index < -0.39 is 37.0 Å². The van der Waals surface area contributed by atoms with Crippen molar-refractivity contribution in [3.05, 3.63) is 28.4 Å². The van der Waals surface area contributed by atoms with E-state index in [2.05, 4.69) is 15.0 Å². The van der Waals surface area contributed by atoms with Crippen LogP contribution in [0, 0.1) is 10.6 Å². The van der Waals surface area contributed by atoms with Crippen LogP contribution in [0.15, 0.2) is 12.3 Å². The Morgan fingerprint density at radius 2 is 2.10 bits per heavy atom. The fraction of sp³-hybridized carbons (Fsp3) is 0.417. The van der Waals surface area contributed by atoms with Gasteiger partial charge in [0, 0.05) is 5.56 Å². The van der Waals surface area contributed by atoms with Gasteiger partial charge in [0.25, 0.3) is 0 Å². The predicted molar refractivity (Wildman–Crippen MR) is 70.5 cm³/mol. The number of hydrogen-bond acceptors (Lipinski definition) is 7. The van der Waals surface area contributed by atoms with Gasteiger partial charge >= 0.3 is 0 Å². The Bertz CT molecular complexity index is 697. The molecule has 0 saturated carbocycles. The number of nitrogens with one attached hydrogen (secondary N) is 1. The smallest absolute Gasteiger partial charge is 0.229 e. The van der Waals surface area contributed by atoms with Gasteiger partial charge < -0.3 is 25.0 Å².